The Kier molecular flexibility index (Phi) is 7.80. The van der Waals surface area contributed by atoms with Gasteiger partial charge in [-0.05, 0) is 91.0 Å². The third-order valence-corrected chi connectivity index (χ3v) is 9.71. The van der Waals surface area contributed by atoms with E-state index in [1.807, 2.05) is 26.1 Å². The highest BCUT2D eigenvalue weighted by Gasteiger charge is 2.52. The molecule has 1 saturated heterocycles. The van der Waals surface area contributed by atoms with Crippen molar-refractivity contribution in [2.75, 3.05) is 20.6 Å². The van der Waals surface area contributed by atoms with Crippen LogP contribution in [0.3, 0.4) is 0 Å². The molecule has 2 heterocycles. The van der Waals surface area contributed by atoms with Gasteiger partial charge in [0.25, 0.3) is 5.91 Å². The lowest BCUT2D eigenvalue weighted by Gasteiger charge is -2.36. The van der Waals surface area contributed by atoms with Crippen molar-refractivity contribution in [1.29, 1.82) is 5.26 Å². The predicted molar refractivity (Wildman–Crippen MR) is 170 cm³/mol. The number of fused-ring (bicyclic) bond motifs is 3. The number of hydrogen-bond acceptors (Lipinski definition) is 8. The second kappa shape index (κ2) is 11.6. The highest BCUT2D eigenvalue weighted by molar-refractivity contribution is 5.94. The molecule has 6 rings (SSSR count). The van der Waals surface area contributed by atoms with Crippen molar-refractivity contribution in [1.82, 2.24) is 31.0 Å². The van der Waals surface area contributed by atoms with Gasteiger partial charge in [0.05, 0.1) is 6.07 Å². The molecule has 0 spiro atoms. The molecule has 0 radical (unpaired) electrons. The summed E-state index contributed by atoms with van der Waals surface area (Å²) in [5.41, 5.74) is 7.11. The number of rotatable bonds is 10. The average molecular weight is 592 g/mol. The van der Waals surface area contributed by atoms with Crippen molar-refractivity contribution in [3.05, 3.63) is 100 Å². The number of amides is 1. The van der Waals surface area contributed by atoms with Crippen LogP contribution in [0.1, 0.15) is 76.1 Å². The Morgan fingerprint density at radius 2 is 1.77 bits per heavy atom. The molecule has 9 nitrogen and oxygen atoms in total. The first-order valence-corrected chi connectivity index (χ1v) is 15.5. The summed E-state index contributed by atoms with van der Waals surface area (Å²) in [6, 6.07) is 15.3. The van der Waals surface area contributed by atoms with Gasteiger partial charge in [0.15, 0.2) is 0 Å². The van der Waals surface area contributed by atoms with Crippen LogP contribution in [0.5, 0.6) is 0 Å². The lowest BCUT2D eigenvalue weighted by molar-refractivity contribution is 0.0963. The highest BCUT2D eigenvalue weighted by atomic mass is 16.4. The van der Waals surface area contributed by atoms with E-state index in [-0.39, 0.29) is 18.0 Å². The number of nitrogens with zero attached hydrogens (tertiary/aromatic N) is 4. The number of aromatic nitrogens is 2. The number of carbonyl (C=O) groups is 1. The lowest BCUT2D eigenvalue weighted by Crippen LogP contribution is -2.42. The number of nitriles is 1. The maximum Gasteiger partial charge on any atom is 0.251 e. The summed E-state index contributed by atoms with van der Waals surface area (Å²) in [6.07, 6.45) is 4.25. The van der Waals surface area contributed by atoms with Crippen molar-refractivity contribution in [3.63, 3.8) is 0 Å². The zero-order valence-corrected chi connectivity index (χ0v) is 26.0. The summed E-state index contributed by atoms with van der Waals surface area (Å²) >= 11 is 0. The fraction of sp³-hybridized carbons (Fsp3) is 0.429. The maximum atomic E-state index is 12.7. The molecule has 1 saturated carbocycles. The smallest absolute Gasteiger partial charge is 0.251 e. The summed E-state index contributed by atoms with van der Waals surface area (Å²) in [7, 11) is 3.53. The molecule has 2 unspecified atom stereocenters. The molecule has 2 aromatic carbocycles. The quantitative estimate of drug-likeness (QED) is 0.321. The molecule has 9 heteroatoms. The van der Waals surface area contributed by atoms with Crippen LogP contribution >= 0.6 is 0 Å². The summed E-state index contributed by atoms with van der Waals surface area (Å²) in [5, 5.41) is 28.3. The molecule has 3 aliphatic rings. The van der Waals surface area contributed by atoms with Gasteiger partial charge >= 0.3 is 0 Å². The third-order valence-electron chi connectivity index (χ3n) is 9.71. The Bertz CT molecular complexity index is 1600. The second-order valence-electron chi connectivity index (χ2n) is 12.5. The van der Waals surface area contributed by atoms with Crippen molar-refractivity contribution in [3.8, 4) is 6.07 Å². The lowest BCUT2D eigenvalue weighted by atomic mass is 9.68. The van der Waals surface area contributed by atoms with Gasteiger partial charge in [-0.25, -0.2) is 0 Å². The molecule has 44 heavy (non-hydrogen) atoms. The highest BCUT2D eigenvalue weighted by Crippen LogP contribution is 2.50. The minimum atomic E-state index is -0.776. The van der Waals surface area contributed by atoms with E-state index in [1.54, 1.807) is 7.05 Å². The van der Waals surface area contributed by atoms with Gasteiger partial charge in [-0.3, -0.25) is 4.79 Å². The molecule has 2 fully saturated rings. The Morgan fingerprint density at radius 1 is 1.09 bits per heavy atom. The van der Waals surface area contributed by atoms with Crippen LogP contribution in [0.15, 0.2) is 59.7 Å². The Morgan fingerprint density at radius 3 is 2.39 bits per heavy atom. The predicted octanol–water partition coefficient (Wildman–Crippen LogP) is 4.23. The fourth-order valence-electron chi connectivity index (χ4n) is 7.41. The van der Waals surface area contributed by atoms with Crippen LogP contribution in [0.4, 0.5) is 0 Å². The Hall–Kier alpha value is -4.42. The monoisotopic (exact) mass is 591 g/mol. The topological polar surface area (TPSA) is 119 Å². The summed E-state index contributed by atoms with van der Waals surface area (Å²) in [5.74, 6) is 1.54. The molecule has 1 amide bonds. The zero-order valence-electron chi connectivity index (χ0n) is 26.0. The van der Waals surface area contributed by atoms with Crippen LogP contribution in [0.2, 0.25) is 0 Å². The summed E-state index contributed by atoms with van der Waals surface area (Å²) in [6.45, 7) is 13.1. The van der Waals surface area contributed by atoms with Gasteiger partial charge in [0.1, 0.15) is 11.5 Å². The van der Waals surface area contributed by atoms with Gasteiger partial charge in [-0.2, -0.15) is 5.26 Å². The van der Waals surface area contributed by atoms with Gasteiger partial charge < -0.3 is 25.3 Å². The number of benzene rings is 2. The maximum absolute atomic E-state index is 12.7. The molecule has 3 N–H and O–H groups in total. The number of carbonyl (C=O) groups excluding carboxylic acids is 1. The molecule has 3 aromatic rings. The second-order valence-corrected chi connectivity index (χ2v) is 12.5. The van der Waals surface area contributed by atoms with Crippen LogP contribution in [0, 0.1) is 24.2 Å². The van der Waals surface area contributed by atoms with E-state index >= 15 is 0 Å². The van der Waals surface area contributed by atoms with Crippen molar-refractivity contribution >= 4 is 11.6 Å². The van der Waals surface area contributed by atoms with E-state index in [1.165, 1.54) is 5.56 Å². The number of likely N-dealkylation sites (tertiary alicyclic amines) is 1. The number of piperidine rings is 1. The molecular weight excluding hydrogens is 550 g/mol. The fourth-order valence-corrected chi connectivity index (χ4v) is 7.41. The minimum Gasteiger partial charge on any atom is -0.424 e. The van der Waals surface area contributed by atoms with Crippen LogP contribution < -0.4 is 16.0 Å². The van der Waals surface area contributed by atoms with Gasteiger partial charge in [-0.1, -0.05) is 31.4 Å². The number of hydrogen-bond donors (Lipinski definition) is 3. The largest absolute Gasteiger partial charge is 0.424 e. The first kappa shape index (κ1) is 29.6. The summed E-state index contributed by atoms with van der Waals surface area (Å²) < 4.78 is 6.33. The van der Waals surface area contributed by atoms with Crippen molar-refractivity contribution < 1.29 is 9.21 Å². The molecule has 0 bridgehead atoms. The van der Waals surface area contributed by atoms with Crippen molar-refractivity contribution in [2.24, 2.45) is 5.92 Å². The van der Waals surface area contributed by atoms with E-state index in [2.05, 4.69) is 81.5 Å². The minimum absolute atomic E-state index is 0.00135. The molecule has 1 aromatic heterocycles. The Labute approximate surface area is 259 Å². The number of aryl methyl sites for hydroxylation is 3. The molecule has 228 valence electrons. The first-order chi connectivity index (χ1) is 21.2. The standard InChI is InChI=1S/C35H41N7O2/c1-20(39-19-21(2)42-29(18-36)15-28-16-32(28)42)17-35(34-41-40-23(4)44-34)30-11-9-24(22(3)37-5)13-25(30)7-8-26-14-27(33(43)38-6)10-12-31(26)35/h9-14,20,28-29,32,37,39H,2-3,7-8,15-17,19H2,1,4-6H3,(H,38,43)/t20-,28+,29?,32-,35?/m0/s1. The molecule has 5 atom stereocenters. The Balaban J connectivity index is 1.43. The molecule has 1 aliphatic heterocycles. The van der Waals surface area contributed by atoms with E-state index < -0.39 is 5.41 Å². The van der Waals surface area contributed by atoms with Gasteiger partial charge in [0.2, 0.25) is 11.8 Å². The van der Waals surface area contributed by atoms with Crippen LogP contribution in [-0.4, -0.2) is 59.8 Å². The van der Waals surface area contributed by atoms with Gasteiger partial charge in [0, 0.05) is 56.6 Å². The zero-order chi connectivity index (χ0) is 31.2. The van der Waals surface area contributed by atoms with E-state index in [4.69, 9.17) is 4.42 Å². The first-order valence-electron chi connectivity index (χ1n) is 15.5. The third kappa shape index (κ3) is 5.07. The van der Waals surface area contributed by atoms with E-state index in [9.17, 15) is 10.1 Å². The number of nitrogens with one attached hydrogen (secondary N) is 3. The summed E-state index contributed by atoms with van der Waals surface area (Å²) in [4.78, 5) is 14.9. The van der Waals surface area contributed by atoms with Crippen molar-refractivity contribution in [2.45, 2.75) is 69.5 Å². The van der Waals surface area contributed by atoms with Gasteiger partial charge in [-0.15, -0.1) is 10.2 Å². The SMILES string of the molecule is C=C(NC)c1ccc2c(c1)CCc1cc(C(=O)NC)ccc1C2(C[C@H](C)NCC(=C)N1C(C#N)C[C@@H]2C[C@@H]21)c1nnc(C)o1. The van der Waals surface area contributed by atoms with Crippen LogP contribution in [0.25, 0.3) is 5.70 Å². The van der Waals surface area contributed by atoms with Crippen LogP contribution in [-0.2, 0) is 18.3 Å². The molecule has 2 aliphatic carbocycles. The van der Waals surface area contributed by atoms with E-state index in [0.29, 0.717) is 42.3 Å². The van der Waals surface area contributed by atoms with E-state index in [0.717, 1.165) is 59.3 Å². The molecular formula is C35H41N7O2. The normalized spacial score (nSPS) is 23.8. The average Bonchev–Trinajstić information content (AvgIpc) is 3.53.